The van der Waals surface area contributed by atoms with Gasteiger partial charge in [-0.15, -0.1) is 0 Å². The lowest BCUT2D eigenvalue weighted by Crippen LogP contribution is -2.17. The number of aromatic nitrogens is 3. The predicted molar refractivity (Wildman–Crippen MR) is 109 cm³/mol. The highest BCUT2D eigenvalue weighted by Crippen LogP contribution is 2.37. The van der Waals surface area contributed by atoms with E-state index in [1.54, 1.807) is 6.07 Å². The second-order valence-electron chi connectivity index (χ2n) is 5.90. The number of nitrogens with zero attached hydrogens (tertiary/aromatic N) is 4. The third-order valence-electron chi connectivity index (χ3n) is 4.39. The number of pyridine rings is 1. The first-order chi connectivity index (χ1) is 12.4. The molecule has 0 saturated heterocycles. The number of nitrogen functional groups attached to an aromatic ring is 1. The van der Waals surface area contributed by atoms with Crippen molar-refractivity contribution in [2.24, 2.45) is 0 Å². The number of rotatable bonds is 3. The maximum Gasteiger partial charge on any atom is 0.134 e. The summed E-state index contributed by atoms with van der Waals surface area (Å²) in [6.07, 6.45) is 1.44. The van der Waals surface area contributed by atoms with E-state index in [-0.39, 0.29) is 5.75 Å². The minimum Gasteiger partial charge on any atom is -0.508 e. The van der Waals surface area contributed by atoms with Gasteiger partial charge in [0.2, 0.25) is 0 Å². The summed E-state index contributed by atoms with van der Waals surface area (Å²) in [5.74, 6) is 1.45. The number of phenols is 1. The summed E-state index contributed by atoms with van der Waals surface area (Å²) in [6.45, 7) is 10.7. The van der Waals surface area contributed by atoms with Gasteiger partial charge in [-0.1, -0.05) is 19.9 Å². The zero-order valence-corrected chi connectivity index (χ0v) is 16.3. The molecule has 0 amide bonds. The molecule has 26 heavy (non-hydrogen) atoms. The smallest absolute Gasteiger partial charge is 0.134 e. The number of anilines is 2. The molecular weight excluding hydrogens is 326 g/mol. The Morgan fingerprint density at radius 1 is 1.15 bits per heavy atom. The van der Waals surface area contributed by atoms with Gasteiger partial charge in [-0.3, -0.25) is 0 Å². The van der Waals surface area contributed by atoms with Crippen molar-refractivity contribution in [3.05, 3.63) is 35.7 Å². The fraction of sp³-hybridized carbons (Fsp3) is 0.350. The van der Waals surface area contributed by atoms with Crippen LogP contribution in [0.5, 0.6) is 5.75 Å². The van der Waals surface area contributed by atoms with Crippen LogP contribution < -0.4 is 10.6 Å². The molecular formula is C20H27N5O. The second kappa shape index (κ2) is 7.99. The number of hydrogen-bond acceptors (Lipinski definition) is 6. The fourth-order valence-electron chi connectivity index (χ4n) is 2.80. The van der Waals surface area contributed by atoms with Crippen molar-refractivity contribution in [1.29, 1.82) is 0 Å². The van der Waals surface area contributed by atoms with E-state index in [0.717, 1.165) is 34.4 Å². The Kier molecular flexibility index (Phi) is 5.97. The average Bonchev–Trinajstić information content (AvgIpc) is 2.66. The topological polar surface area (TPSA) is 88.2 Å². The molecule has 0 radical (unpaired) electrons. The number of aromatic hydroxyl groups is 1. The Hall–Kier alpha value is -2.89. The van der Waals surface area contributed by atoms with Crippen molar-refractivity contribution >= 4 is 22.5 Å². The van der Waals surface area contributed by atoms with Crippen LogP contribution in [0.15, 0.2) is 24.5 Å². The zero-order valence-electron chi connectivity index (χ0n) is 16.3. The van der Waals surface area contributed by atoms with Gasteiger partial charge in [-0.2, -0.15) is 0 Å². The van der Waals surface area contributed by atoms with Crippen LogP contribution in [-0.4, -0.2) is 33.7 Å². The fourth-order valence-corrected chi connectivity index (χ4v) is 2.80. The Balaban J connectivity index is 0.00000117. The molecule has 0 fully saturated rings. The van der Waals surface area contributed by atoms with Crippen LogP contribution >= 0.6 is 0 Å². The van der Waals surface area contributed by atoms with Gasteiger partial charge in [0.25, 0.3) is 0 Å². The van der Waals surface area contributed by atoms with Crippen LogP contribution in [0.2, 0.25) is 0 Å². The molecule has 3 N–H and O–H groups in total. The van der Waals surface area contributed by atoms with Gasteiger partial charge in [0.05, 0.1) is 5.69 Å². The molecule has 0 aliphatic carbocycles. The maximum atomic E-state index is 10.1. The zero-order chi connectivity index (χ0) is 19.4. The summed E-state index contributed by atoms with van der Waals surface area (Å²) >= 11 is 0. The average molecular weight is 353 g/mol. The van der Waals surface area contributed by atoms with Gasteiger partial charge in [0, 0.05) is 30.1 Å². The Bertz CT molecular complexity index is 924. The highest BCUT2D eigenvalue weighted by atomic mass is 16.3. The molecule has 6 nitrogen and oxygen atoms in total. The lowest BCUT2D eigenvalue weighted by atomic mass is 9.97. The van der Waals surface area contributed by atoms with E-state index in [0.29, 0.717) is 17.0 Å². The largest absolute Gasteiger partial charge is 0.508 e. The van der Waals surface area contributed by atoms with Crippen molar-refractivity contribution in [3.8, 4) is 17.0 Å². The maximum absolute atomic E-state index is 10.1. The minimum absolute atomic E-state index is 0.238. The molecule has 0 spiro atoms. The van der Waals surface area contributed by atoms with Crippen molar-refractivity contribution in [1.82, 2.24) is 15.0 Å². The van der Waals surface area contributed by atoms with Crippen LogP contribution in [0.25, 0.3) is 22.2 Å². The van der Waals surface area contributed by atoms with Gasteiger partial charge < -0.3 is 15.7 Å². The summed E-state index contributed by atoms with van der Waals surface area (Å²) in [5.41, 5.74) is 10.1. The van der Waals surface area contributed by atoms with Crippen molar-refractivity contribution in [2.45, 2.75) is 34.6 Å². The predicted octanol–water partition coefficient (Wildman–Crippen LogP) is 4.08. The Labute approximate surface area is 154 Å². The number of nitrogens with two attached hydrogens (primary N) is 1. The molecule has 3 aromatic rings. The first-order valence-corrected chi connectivity index (χ1v) is 8.86. The lowest BCUT2D eigenvalue weighted by molar-refractivity contribution is 0.471. The molecule has 0 aliphatic rings. The summed E-state index contributed by atoms with van der Waals surface area (Å²) in [5, 5.41) is 10.9. The van der Waals surface area contributed by atoms with Crippen molar-refractivity contribution in [2.75, 3.05) is 24.2 Å². The standard InChI is InChI=1S/C18H21N5O.C2H6/c1-5-23(4)14-8-12-16(20-9-21-18(12)19)17(22-14)15-10(2)6-7-13(24)11(15)3;1-2/h6-9,24H,5H2,1-4H3,(H2,19,20,21);1-2H3. The Morgan fingerprint density at radius 2 is 1.85 bits per heavy atom. The highest BCUT2D eigenvalue weighted by Gasteiger charge is 2.18. The van der Waals surface area contributed by atoms with Gasteiger partial charge in [-0.25, -0.2) is 15.0 Å². The van der Waals surface area contributed by atoms with Gasteiger partial charge in [0.1, 0.15) is 29.2 Å². The van der Waals surface area contributed by atoms with E-state index in [1.807, 2.05) is 51.8 Å². The first kappa shape index (κ1) is 19.4. The van der Waals surface area contributed by atoms with Crippen LogP contribution in [0.1, 0.15) is 31.9 Å². The van der Waals surface area contributed by atoms with Crippen LogP contribution in [0, 0.1) is 13.8 Å². The SMILES string of the molecule is CC.CCN(C)c1cc2c(N)ncnc2c(-c2c(C)ccc(O)c2C)n1. The molecule has 2 aromatic heterocycles. The van der Waals surface area contributed by atoms with Crippen LogP contribution in [-0.2, 0) is 0 Å². The van der Waals surface area contributed by atoms with E-state index in [2.05, 4.69) is 16.9 Å². The number of benzene rings is 1. The summed E-state index contributed by atoms with van der Waals surface area (Å²) < 4.78 is 0. The lowest BCUT2D eigenvalue weighted by Gasteiger charge is -2.19. The molecule has 0 atom stereocenters. The quantitative estimate of drug-likeness (QED) is 0.737. The molecule has 1 aromatic carbocycles. The third-order valence-corrected chi connectivity index (χ3v) is 4.39. The Morgan fingerprint density at radius 3 is 2.50 bits per heavy atom. The summed E-state index contributed by atoms with van der Waals surface area (Å²) in [6, 6.07) is 5.48. The molecule has 0 bridgehead atoms. The second-order valence-corrected chi connectivity index (χ2v) is 5.90. The molecule has 0 unspecified atom stereocenters. The minimum atomic E-state index is 0.238. The van der Waals surface area contributed by atoms with E-state index in [4.69, 9.17) is 10.7 Å². The monoisotopic (exact) mass is 353 g/mol. The van der Waals surface area contributed by atoms with Gasteiger partial charge in [-0.05, 0) is 38.5 Å². The molecule has 0 saturated carbocycles. The van der Waals surface area contributed by atoms with Crippen molar-refractivity contribution in [3.63, 3.8) is 0 Å². The summed E-state index contributed by atoms with van der Waals surface area (Å²) in [4.78, 5) is 15.3. The molecule has 6 heteroatoms. The van der Waals surface area contributed by atoms with Gasteiger partial charge in [0.15, 0.2) is 0 Å². The number of fused-ring (bicyclic) bond motifs is 1. The van der Waals surface area contributed by atoms with E-state index < -0.39 is 0 Å². The third kappa shape index (κ3) is 3.40. The van der Waals surface area contributed by atoms with Gasteiger partial charge >= 0.3 is 0 Å². The van der Waals surface area contributed by atoms with E-state index in [9.17, 15) is 5.11 Å². The molecule has 2 heterocycles. The van der Waals surface area contributed by atoms with Crippen LogP contribution in [0.3, 0.4) is 0 Å². The van der Waals surface area contributed by atoms with Crippen LogP contribution in [0.4, 0.5) is 11.6 Å². The first-order valence-electron chi connectivity index (χ1n) is 8.86. The normalized spacial score (nSPS) is 10.4. The summed E-state index contributed by atoms with van der Waals surface area (Å²) in [7, 11) is 1.97. The number of aryl methyl sites for hydroxylation is 1. The molecule has 0 aliphatic heterocycles. The van der Waals surface area contributed by atoms with Crippen molar-refractivity contribution < 1.29 is 5.11 Å². The van der Waals surface area contributed by atoms with E-state index in [1.165, 1.54) is 6.33 Å². The highest BCUT2D eigenvalue weighted by molar-refractivity contribution is 5.99. The number of phenolic OH excluding ortho intramolecular Hbond substituents is 1. The number of hydrogen-bond donors (Lipinski definition) is 2. The molecule has 3 rings (SSSR count). The molecule has 138 valence electrons. The van der Waals surface area contributed by atoms with E-state index >= 15 is 0 Å².